The zero-order valence-electron chi connectivity index (χ0n) is 30.1. The summed E-state index contributed by atoms with van der Waals surface area (Å²) in [5.74, 6) is -11.6. The van der Waals surface area contributed by atoms with E-state index in [-0.39, 0.29) is 95.1 Å². The number of amides is 4. The van der Waals surface area contributed by atoms with E-state index in [1.165, 1.54) is 83.1 Å². The van der Waals surface area contributed by atoms with Gasteiger partial charge in [0.2, 0.25) is 23.6 Å². The Kier molecular flexibility index (Phi) is 31.0. The van der Waals surface area contributed by atoms with Gasteiger partial charge in [-0.1, -0.05) is 87.1 Å². The average Bonchev–Trinajstić information content (AvgIpc) is 3.45. The molecule has 0 spiro atoms. The maximum Gasteiger partial charge on any atom is 0.422 e. The lowest BCUT2D eigenvalue weighted by atomic mass is 9.82. The molecule has 0 aliphatic carbocycles. The van der Waals surface area contributed by atoms with Crippen molar-refractivity contribution in [2.45, 2.75) is 119 Å². The molecular weight excluding hydrogens is 846 g/mol. The van der Waals surface area contributed by atoms with Crippen LogP contribution in [0.3, 0.4) is 0 Å². The lowest BCUT2D eigenvalue weighted by molar-refractivity contribution is -0.190. The second-order valence-electron chi connectivity index (χ2n) is 12.7. The summed E-state index contributed by atoms with van der Waals surface area (Å²) in [6, 6.07) is 10.9. The van der Waals surface area contributed by atoms with Crippen molar-refractivity contribution in [3.63, 3.8) is 0 Å². The number of benzene rings is 2. The van der Waals surface area contributed by atoms with E-state index in [1.807, 2.05) is 0 Å². The summed E-state index contributed by atoms with van der Waals surface area (Å²) in [5.41, 5.74) is 0.412. The standard InChI is InChI=1S/C19H20F3NO6.C17H18F3NO5.8CH4/c1-4-14(18(27)28-9-19(20,21)22)15-10(2)16(25)23(17(15)26)12-5-7-13(8-6-12)29-11(3)24;1-3-12(16(25)26-8-17(18,19)20)13-9(2)14(23)21(15(13)24)10-4-6-11(22)7-5-10;;;;;;;;/h5-8,10,14-15H,4,9H2,1-3H3;4-7,9,12-13,22H,3,8H2,1-2H3;8*1H4. The SMILES string of the molecule is C.C.C.C.C.C.C.C.CCC(C(=O)OCC(F)(F)F)C1C(=O)N(c2ccc(O)cc2)C(=O)C1C.CCC(C(=O)OCC(F)(F)F)C1C(=O)N(c2ccc(OC(C)=O)cc2)C(=O)C1C. The van der Waals surface area contributed by atoms with E-state index in [1.54, 1.807) is 0 Å². The molecule has 2 fully saturated rings. The minimum atomic E-state index is -4.69. The predicted molar refractivity (Wildman–Crippen MR) is 232 cm³/mol. The van der Waals surface area contributed by atoms with Crippen LogP contribution in [0.5, 0.6) is 11.5 Å². The summed E-state index contributed by atoms with van der Waals surface area (Å²) in [4.78, 5) is 87.7. The van der Waals surface area contributed by atoms with Gasteiger partial charge >= 0.3 is 30.3 Å². The summed E-state index contributed by atoms with van der Waals surface area (Å²) < 4.78 is 87.3. The zero-order valence-corrected chi connectivity index (χ0v) is 30.1. The smallest absolute Gasteiger partial charge is 0.422 e. The first-order chi connectivity index (χ1) is 25.5. The van der Waals surface area contributed by atoms with Gasteiger partial charge in [0.15, 0.2) is 13.2 Å². The van der Waals surface area contributed by atoms with Crippen LogP contribution in [0.1, 0.15) is 107 Å². The molecule has 2 aromatic rings. The van der Waals surface area contributed by atoms with E-state index >= 15 is 0 Å². The summed E-state index contributed by atoms with van der Waals surface area (Å²) in [6.07, 6.45) is -9.28. The van der Waals surface area contributed by atoms with Gasteiger partial charge in [0, 0.05) is 18.8 Å². The Bertz CT molecular complexity index is 1770. The molecule has 13 nitrogen and oxygen atoms in total. The van der Waals surface area contributed by atoms with E-state index in [9.17, 15) is 65.0 Å². The van der Waals surface area contributed by atoms with Crippen LogP contribution in [0.15, 0.2) is 48.5 Å². The van der Waals surface area contributed by atoms with E-state index in [0.29, 0.717) is 0 Å². The number of hydrogen-bond acceptors (Lipinski definition) is 11. The molecule has 2 aliphatic rings. The van der Waals surface area contributed by atoms with Crippen molar-refractivity contribution in [3.8, 4) is 11.5 Å². The molecule has 63 heavy (non-hydrogen) atoms. The number of phenolic OH excluding ortho intramolecular Hbond substituents is 1. The zero-order chi connectivity index (χ0) is 41.6. The molecular formula is C44H70F6N2O11. The van der Waals surface area contributed by atoms with Gasteiger partial charge in [-0.15, -0.1) is 0 Å². The monoisotopic (exact) mass is 916 g/mol. The van der Waals surface area contributed by atoms with Gasteiger partial charge < -0.3 is 19.3 Å². The topological polar surface area (TPSA) is 174 Å². The van der Waals surface area contributed by atoms with Gasteiger partial charge in [0.05, 0.1) is 35.0 Å². The highest BCUT2D eigenvalue weighted by Crippen LogP contribution is 2.39. The van der Waals surface area contributed by atoms with Gasteiger partial charge in [-0.3, -0.25) is 43.4 Å². The van der Waals surface area contributed by atoms with Gasteiger partial charge in [-0.25, -0.2) is 0 Å². The Morgan fingerprint density at radius 3 is 1.16 bits per heavy atom. The lowest BCUT2D eigenvalue weighted by Gasteiger charge is -2.22. The van der Waals surface area contributed by atoms with E-state index in [0.717, 1.165) is 9.80 Å². The quantitative estimate of drug-likeness (QED) is 0.0983. The summed E-state index contributed by atoms with van der Waals surface area (Å²) in [5, 5.41) is 9.32. The maximum absolute atomic E-state index is 12.9. The van der Waals surface area contributed by atoms with Crippen molar-refractivity contribution in [3.05, 3.63) is 48.5 Å². The molecule has 2 aliphatic heterocycles. The molecule has 4 amide bonds. The van der Waals surface area contributed by atoms with E-state index in [4.69, 9.17) is 4.74 Å². The lowest BCUT2D eigenvalue weighted by Crippen LogP contribution is -2.36. The molecule has 0 saturated carbocycles. The molecule has 0 aromatic heterocycles. The van der Waals surface area contributed by atoms with Crippen LogP contribution in [0, 0.1) is 35.5 Å². The number of carbonyl (C=O) groups is 7. The van der Waals surface area contributed by atoms with Crippen LogP contribution in [-0.2, 0) is 43.0 Å². The number of phenols is 1. The van der Waals surface area contributed by atoms with Crippen molar-refractivity contribution < 1.29 is 79.2 Å². The third-order valence-corrected chi connectivity index (χ3v) is 8.88. The first-order valence-electron chi connectivity index (χ1n) is 16.8. The number of nitrogens with zero attached hydrogens (tertiary/aromatic N) is 2. The molecule has 1 N–H and O–H groups in total. The summed E-state index contributed by atoms with van der Waals surface area (Å²) in [6.45, 7) is 3.67. The Morgan fingerprint density at radius 2 is 0.889 bits per heavy atom. The molecule has 364 valence electrons. The Hall–Kier alpha value is -5.49. The number of rotatable bonds is 11. The van der Waals surface area contributed by atoms with Crippen molar-refractivity contribution in [1.82, 2.24) is 0 Å². The Balaban J connectivity index is -0.000000230. The normalized spacial score (nSPS) is 18.5. The van der Waals surface area contributed by atoms with Gasteiger partial charge in [-0.05, 0) is 61.4 Å². The second kappa shape index (κ2) is 28.2. The van der Waals surface area contributed by atoms with Crippen LogP contribution in [-0.4, -0.2) is 72.2 Å². The second-order valence-corrected chi connectivity index (χ2v) is 12.7. The highest BCUT2D eigenvalue weighted by molar-refractivity contribution is 6.23. The van der Waals surface area contributed by atoms with Crippen molar-refractivity contribution in [2.75, 3.05) is 23.0 Å². The van der Waals surface area contributed by atoms with Crippen molar-refractivity contribution >= 4 is 52.9 Å². The molecule has 0 bridgehead atoms. The van der Waals surface area contributed by atoms with Gasteiger partial charge in [-0.2, -0.15) is 26.3 Å². The number of anilines is 2. The number of halogens is 6. The fraction of sp³-hybridized carbons (Fsp3) is 0.568. The molecule has 0 radical (unpaired) electrons. The summed E-state index contributed by atoms with van der Waals surface area (Å²) >= 11 is 0. The number of hydrogen-bond donors (Lipinski definition) is 1. The van der Waals surface area contributed by atoms with Crippen LogP contribution >= 0.6 is 0 Å². The predicted octanol–water partition coefficient (Wildman–Crippen LogP) is 10.6. The number of carbonyl (C=O) groups excluding carboxylic acids is 7. The molecule has 2 saturated heterocycles. The number of imide groups is 2. The Morgan fingerprint density at radius 1 is 0.587 bits per heavy atom. The molecule has 19 heteroatoms. The number of esters is 3. The molecule has 2 aromatic carbocycles. The summed E-state index contributed by atoms with van der Waals surface area (Å²) in [7, 11) is 0. The minimum absolute atomic E-state index is 0. The van der Waals surface area contributed by atoms with Crippen LogP contribution < -0.4 is 14.5 Å². The molecule has 6 atom stereocenters. The highest BCUT2D eigenvalue weighted by atomic mass is 19.4. The molecule has 6 unspecified atom stereocenters. The molecule has 4 rings (SSSR count). The van der Waals surface area contributed by atoms with Crippen LogP contribution in [0.2, 0.25) is 0 Å². The van der Waals surface area contributed by atoms with Crippen LogP contribution in [0.4, 0.5) is 37.7 Å². The first-order valence-corrected chi connectivity index (χ1v) is 16.8. The fourth-order valence-corrected chi connectivity index (χ4v) is 6.29. The Labute approximate surface area is 369 Å². The van der Waals surface area contributed by atoms with Gasteiger partial charge in [0.1, 0.15) is 11.5 Å². The largest absolute Gasteiger partial charge is 0.508 e. The third kappa shape index (κ3) is 17.3. The number of aromatic hydroxyl groups is 1. The molecule has 2 heterocycles. The van der Waals surface area contributed by atoms with Crippen molar-refractivity contribution in [1.29, 1.82) is 0 Å². The van der Waals surface area contributed by atoms with E-state index in [2.05, 4.69) is 9.47 Å². The maximum atomic E-state index is 12.9. The average molecular weight is 917 g/mol. The first kappa shape index (κ1) is 69.2. The van der Waals surface area contributed by atoms with Crippen molar-refractivity contribution in [2.24, 2.45) is 35.5 Å². The highest BCUT2D eigenvalue weighted by Gasteiger charge is 2.53. The van der Waals surface area contributed by atoms with E-state index < -0.39 is 103 Å². The minimum Gasteiger partial charge on any atom is -0.508 e. The fourth-order valence-electron chi connectivity index (χ4n) is 6.29. The van der Waals surface area contributed by atoms with Crippen LogP contribution in [0.25, 0.3) is 0 Å². The number of alkyl halides is 6. The third-order valence-electron chi connectivity index (χ3n) is 8.88. The van der Waals surface area contributed by atoms with Gasteiger partial charge in [0.25, 0.3) is 0 Å². The number of ether oxygens (including phenoxy) is 3.